The Bertz CT molecular complexity index is 512. The van der Waals surface area contributed by atoms with E-state index in [0.717, 1.165) is 29.5 Å². The maximum Gasteiger partial charge on any atom is 0.339 e. The number of nitrogens with zero attached hydrogens (tertiary/aromatic N) is 1. The molecule has 2 bridgehead atoms. The van der Waals surface area contributed by atoms with Crippen molar-refractivity contribution in [3.63, 3.8) is 0 Å². The van der Waals surface area contributed by atoms with Gasteiger partial charge >= 0.3 is 5.97 Å². The van der Waals surface area contributed by atoms with E-state index in [2.05, 4.69) is 10.3 Å². The molecule has 0 aromatic carbocycles. The van der Waals surface area contributed by atoms with Gasteiger partial charge in [0.05, 0.1) is 12.2 Å². The van der Waals surface area contributed by atoms with Crippen LogP contribution < -0.4 is 5.32 Å². The largest absolute Gasteiger partial charge is 0.462 e. The summed E-state index contributed by atoms with van der Waals surface area (Å²) in [4.78, 5) is 15.9. The summed E-state index contributed by atoms with van der Waals surface area (Å²) in [7, 11) is 0. The molecule has 3 aliphatic rings. The molecule has 3 saturated carbocycles. The first kappa shape index (κ1) is 12.2. The smallest absolute Gasteiger partial charge is 0.339 e. The quantitative estimate of drug-likeness (QED) is 0.856. The number of fused-ring (bicyclic) bond motifs is 5. The highest BCUT2D eigenvalue weighted by atomic mass is 16.5. The molecule has 4 heteroatoms. The molecular weight excluding hydrogens is 252 g/mol. The van der Waals surface area contributed by atoms with Gasteiger partial charge in [0.15, 0.2) is 0 Å². The predicted octanol–water partition coefficient (Wildman–Crippen LogP) is 2.71. The van der Waals surface area contributed by atoms with Crippen molar-refractivity contribution in [1.82, 2.24) is 4.98 Å². The first-order valence-electron chi connectivity index (χ1n) is 7.67. The van der Waals surface area contributed by atoms with Crippen LogP contribution in [0.2, 0.25) is 0 Å². The van der Waals surface area contributed by atoms with Crippen LogP contribution in [0, 0.1) is 23.7 Å². The Labute approximate surface area is 118 Å². The second kappa shape index (κ2) is 4.47. The Balaban J connectivity index is 1.40. The third-order valence-corrected chi connectivity index (χ3v) is 5.32. The zero-order valence-electron chi connectivity index (χ0n) is 11.7. The van der Waals surface area contributed by atoms with Gasteiger partial charge in [-0.2, -0.15) is 0 Å². The van der Waals surface area contributed by atoms with Crippen LogP contribution in [-0.4, -0.2) is 23.6 Å². The van der Waals surface area contributed by atoms with Crippen LogP contribution in [0.15, 0.2) is 18.3 Å². The van der Waals surface area contributed by atoms with E-state index in [1.165, 1.54) is 19.3 Å². The van der Waals surface area contributed by atoms with Crippen LogP contribution >= 0.6 is 0 Å². The van der Waals surface area contributed by atoms with E-state index in [9.17, 15) is 4.79 Å². The van der Waals surface area contributed by atoms with Crippen LogP contribution in [0.1, 0.15) is 36.5 Å². The van der Waals surface area contributed by atoms with E-state index in [0.29, 0.717) is 18.2 Å². The highest BCUT2D eigenvalue weighted by Crippen LogP contribution is 2.66. The van der Waals surface area contributed by atoms with Crippen LogP contribution in [0.4, 0.5) is 5.82 Å². The number of carbonyl (C=O) groups is 1. The van der Waals surface area contributed by atoms with Crippen molar-refractivity contribution >= 4 is 11.8 Å². The summed E-state index contributed by atoms with van der Waals surface area (Å²) in [5.74, 6) is 4.29. The van der Waals surface area contributed by atoms with Gasteiger partial charge in [0, 0.05) is 12.2 Å². The molecule has 1 N–H and O–H groups in total. The third kappa shape index (κ3) is 1.81. The minimum Gasteiger partial charge on any atom is -0.462 e. The van der Waals surface area contributed by atoms with Crippen molar-refractivity contribution in [1.29, 1.82) is 0 Å². The van der Waals surface area contributed by atoms with Crippen molar-refractivity contribution in [2.45, 2.75) is 32.2 Å². The number of hydrogen-bond donors (Lipinski definition) is 1. The highest BCUT2D eigenvalue weighted by Gasteiger charge is 2.65. The number of rotatable bonds is 4. The molecule has 0 amide bonds. The van der Waals surface area contributed by atoms with Crippen LogP contribution in [0.25, 0.3) is 0 Å². The molecule has 4 atom stereocenters. The van der Waals surface area contributed by atoms with Crippen molar-refractivity contribution in [3.8, 4) is 0 Å². The maximum absolute atomic E-state index is 11.6. The highest BCUT2D eigenvalue weighted by molar-refractivity contribution is 5.89. The molecular formula is C16H20N2O2. The fourth-order valence-electron chi connectivity index (χ4n) is 4.50. The van der Waals surface area contributed by atoms with Gasteiger partial charge in [0.1, 0.15) is 5.82 Å². The minimum atomic E-state index is -0.298. The standard InChI is InChI=1S/C16H20N2O2/c1-2-20-16(19)11-5-6-12(17-8-11)18-15-13-9-3-4-10(7-9)14(13)15/h5-6,8-10,13-15H,2-4,7H2,1H3,(H,17,18). The lowest BCUT2D eigenvalue weighted by Gasteiger charge is -2.11. The number of esters is 1. The summed E-state index contributed by atoms with van der Waals surface area (Å²) in [6, 6.07) is 4.31. The van der Waals surface area contributed by atoms with E-state index in [-0.39, 0.29) is 5.97 Å². The number of hydrogen-bond acceptors (Lipinski definition) is 4. The average molecular weight is 272 g/mol. The number of carbonyl (C=O) groups excluding carboxylic acids is 1. The van der Waals surface area contributed by atoms with Gasteiger partial charge in [-0.1, -0.05) is 0 Å². The molecule has 0 saturated heterocycles. The van der Waals surface area contributed by atoms with Gasteiger partial charge in [-0.05, 0) is 62.0 Å². The first-order chi connectivity index (χ1) is 9.78. The molecule has 1 heterocycles. The van der Waals surface area contributed by atoms with Gasteiger partial charge in [-0.15, -0.1) is 0 Å². The van der Waals surface area contributed by atoms with E-state index in [1.54, 1.807) is 19.2 Å². The molecule has 0 aliphatic heterocycles. The predicted molar refractivity (Wildman–Crippen MR) is 75.4 cm³/mol. The molecule has 3 aliphatic carbocycles. The van der Waals surface area contributed by atoms with Gasteiger partial charge in [0.2, 0.25) is 0 Å². The second-order valence-electron chi connectivity index (χ2n) is 6.31. The Morgan fingerprint density at radius 1 is 1.35 bits per heavy atom. The summed E-state index contributed by atoms with van der Waals surface area (Å²) in [5.41, 5.74) is 0.522. The van der Waals surface area contributed by atoms with Crippen LogP contribution in [-0.2, 0) is 4.74 Å². The Hall–Kier alpha value is -1.58. The Morgan fingerprint density at radius 3 is 2.70 bits per heavy atom. The fraction of sp³-hybridized carbons (Fsp3) is 0.625. The molecule has 106 valence electrons. The monoisotopic (exact) mass is 272 g/mol. The fourth-order valence-corrected chi connectivity index (χ4v) is 4.50. The van der Waals surface area contributed by atoms with Crippen molar-refractivity contribution in [2.24, 2.45) is 23.7 Å². The number of ether oxygens (including phenoxy) is 1. The molecule has 0 radical (unpaired) electrons. The minimum absolute atomic E-state index is 0.298. The van der Waals surface area contributed by atoms with Crippen LogP contribution in [0.3, 0.4) is 0 Å². The summed E-state index contributed by atoms with van der Waals surface area (Å²) >= 11 is 0. The Morgan fingerprint density at radius 2 is 2.10 bits per heavy atom. The Kier molecular flexibility index (Phi) is 2.72. The van der Waals surface area contributed by atoms with E-state index < -0.39 is 0 Å². The van der Waals surface area contributed by atoms with Crippen molar-refractivity contribution < 1.29 is 9.53 Å². The molecule has 1 aromatic rings. The molecule has 4 rings (SSSR count). The number of nitrogens with one attached hydrogen (secondary N) is 1. The number of anilines is 1. The number of pyridine rings is 1. The second-order valence-corrected chi connectivity index (χ2v) is 6.31. The summed E-state index contributed by atoms with van der Waals surface area (Å²) in [5, 5.41) is 3.55. The molecule has 20 heavy (non-hydrogen) atoms. The van der Waals surface area contributed by atoms with E-state index in [4.69, 9.17) is 4.74 Å². The van der Waals surface area contributed by atoms with Crippen LogP contribution in [0.5, 0.6) is 0 Å². The summed E-state index contributed by atoms with van der Waals surface area (Å²) in [6.07, 6.45) is 5.92. The molecule has 3 fully saturated rings. The topological polar surface area (TPSA) is 51.2 Å². The molecule has 4 nitrogen and oxygen atoms in total. The lowest BCUT2D eigenvalue weighted by Crippen LogP contribution is -2.14. The SMILES string of the molecule is CCOC(=O)c1ccc(NC2C3C4CCC(C4)C23)nc1. The normalized spacial score (nSPS) is 36.5. The van der Waals surface area contributed by atoms with Gasteiger partial charge in [0.25, 0.3) is 0 Å². The molecule has 1 aromatic heterocycles. The van der Waals surface area contributed by atoms with Crippen molar-refractivity contribution in [3.05, 3.63) is 23.9 Å². The number of aromatic nitrogens is 1. The van der Waals surface area contributed by atoms with Crippen molar-refractivity contribution in [2.75, 3.05) is 11.9 Å². The zero-order valence-corrected chi connectivity index (χ0v) is 11.7. The van der Waals surface area contributed by atoms with Gasteiger partial charge < -0.3 is 10.1 Å². The van der Waals surface area contributed by atoms with E-state index >= 15 is 0 Å². The maximum atomic E-state index is 11.6. The zero-order chi connectivity index (χ0) is 13.7. The lowest BCUT2D eigenvalue weighted by atomic mass is 10.0. The first-order valence-corrected chi connectivity index (χ1v) is 7.67. The summed E-state index contributed by atoms with van der Waals surface area (Å²) < 4.78 is 4.96. The average Bonchev–Trinajstić information content (AvgIpc) is 2.85. The van der Waals surface area contributed by atoms with Gasteiger partial charge in [-0.3, -0.25) is 0 Å². The summed E-state index contributed by atoms with van der Waals surface area (Å²) in [6.45, 7) is 2.20. The van der Waals surface area contributed by atoms with Gasteiger partial charge in [-0.25, -0.2) is 9.78 Å². The third-order valence-electron chi connectivity index (χ3n) is 5.32. The lowest BCUT2D eigenvalue weighted by molar-refractivity contribution is 0.0526. The molecule has 4 unspecified atom stereocenters. The molecule has 0 spiro atoms. The van der Waals surface area contributed by atoms with E-state index in [1.807, 2.05) is 6.07 Å².